The Morgan fingerprint density at radius 3 is 2.88 bits per heavy atom. The minimum atomic E-state index is -0.173. The van der Waals surface area contributed by atoms with Crippen molar-refractivity contribution in [3.05, 3.63) is 33.3 Å². The second kappa shape index (κ2) is 6.48. The first-order chi connectivity index (χ1) is 7.54. The molecule has 0 aliphatic rings. The van der Waals surface area contributed by atoms with Crippen LogP contribution in [0.4, 0.5) is 0 Å². The van der Waals surface area contributed by atoms with Crippen LogP contribution < -0.4 is 5.32 Å². The van der Waals surface area contributed by atoms with Gasteiger partial charge in [-0.2, -0.15) is 0 Å². The van der Waals surface area contributed by atoms with E-state index in [0.29, 0.717) is 17.1 Å². The molecule has 0 aliphatic carbocycles. The zero-order valence-corrected chi connectivity index (χ0v) is 11.9. The topological polar surface area (TPSA) is 29.1 Å². The molecule has 1 rings (SSSR count). The first-order valence-electron chi connectivity index (χ1n) is 4.92. The number of rotatable bonds is 4. The fourth-order valence-electron chi connectivity index (χ4n) is 1.11. The second-order valence-corrected chi connectivity index (χ2v) is 5.25. The van der Waals surface area contributed by atoms with Crippen LogP contribution in [-0.2, 0) is 0 Å². The normalized spacial score (nSPS) is 12.2. The molecule has 0 saturated heterocycles. The van der Waals surface area contributed by atoms with Crippen molar-refractivity contribution in [2.75, 3.05) is 6.54 Å². The molecule has 0 fully saturated rings. The molecule has 0 bridgehead atoms. The molecule has 16 heavy (non-hydrogen) atoms. The Bertz CT molecular complexity index is 384. The Morgan fingerprint density at radius 2 is 2.25 bits per heavy atom. The van der Waals surface area contributed by atoms with Gasteiger partial charge in [-0.1, -0.05) is 18.5 Å². The molecule has 0 saturated carbocycles. The highest BCUT2D eigenvalue weighted by molar-refractivity contribution is 9.10. The fraction of sp³-hybridized carbons (Fsp3) is 0.364. The monoisotopic (exact) mass is 323 g/mol. The quantitative estimate of drug-likeness (QED) is 0.837. The lowest BCUT2D eigenvalue weighted by molar-refractivity contribution is 0.0952. The van der Waals surface area contributed by atoms with Gasteiger partial charge >= 0.3 is 0 Å². The summed E-state index contributed by atoms with van der Waals surface area (Å²) in [7, 11) is 0. The Balaban J connectivity index is 2.69. The zero-order chi connectivity index (χ0) is 12.1. The summed E-state index contributed by atoms with van der Waals surface area (Å²) in [6.07, 6.45) is 0.818. The molecular formula is C11H12BrCl2NO. The van der Waals surface area contributed by atoms with Gasteiger partial charge in [0, 0.05) is 16.0 Å². The van der Waals surface area contributed by atoms with Crippen LogP contribution in [0.5, 0.6) is 0 Å². The van der Waals surface area contributed by atoms with E-state index in [1.807, 2.05) is 6.92 Å². The Labute approximate surface area is 113 Å². The Kier molecular flexibility index (Phi) is 5.59. The number of carbonyl (C=O) groups excluding carboxylic acids is 1. The van der Waals surface area contributed by atoms with Gasteiger partial charge in [0.05, 0.1) is 10.9 Å². The van der Waals surface area contributed by atoms with Gasteiger partial charge in [0.15, 0.2) is 0 Å². The molecule has 1 atom stereocenters. The number of hydrogen-bond donors (Lipinski definition) is 1. The van der Waals surface area contributed by atoms with Crippen LogP contribution >= 0.6 is 39.1 Å². The van der Waals surface area contributed by atoms with Crippen LogP contribution in [0.1, 0.15) is 23.7 Å². The highest BCUT2D eigenvalue weighted by atomic mass is 79.9. The third-order valence-corrected chi connectivity index (χ3v) is 3.49. The molecule has 88 valence electrons. The van der Waals surface area contributed by atoms with E-state index < -0.39 is 0 Å². The lowest BCUT2D eigenvalue weighted by atomic mass is 10.2. The number of halogens is 3. The van der Waals surface area contributed by atoms with Crippen LogP contribution in [0, 0.1) is 0 Å². The molecular weight excluding hydrogens is 313 g/mol. The maximum Gasteiger partial charge on any atom is 0.252 e. The van der Waals surface area contributed by atoms with Crippen molar-refractivity contribution in [3.8, 4) is 0 Å². The van der Waals surface area contributed by atoms with E-state index in [2.05, 4.69) is 21.2 Å². The van der Waals surface area contributed by atoms with Crippen molar-refractivity contribution in [2.45, 2.75) is 18.7 Å². The highest BCUT2D eigenvalue weighted by Gasteiger charge is 2.11. The van der Waals surface area contributed by atoms with Gasteiger partial charge in [-0.25, -0.2) is 0 Å². The minimum absolute atomic E-state index is 0.0399. The number of benzene rings is 1. The van der Waals surface area contributed by atoms with E-state index in [9.17, 15) is 4.79 Å². The van der Waals surface area contributed by atoms with E-state index in [0.717, 1.165) is 10.9 Å². The fourth-order valence-corrected chi connectivity index (χ4v) is 1.79. The zero-order valence-electron chi connectivity index (χ0n) is 8.77. The van der Waals surface area contributed by atoms with Crippen molar-refractivity contribution in [2.24, 2.45) is 0 Å². The first kappa shape index (κ1) is 13.8. The number of hydrogen-bond acceptors (Lipinski definition) is 1. The summed E-state index contributed by atoms with van der Waals surface area (Å²) in [5.74, 6) is -0.173. The molecule has 5 heteroatoms. The third-order valence-electron chi connectivity index (χ3n) is 2.10. The maximum atomic E-state index is 11.8. The Morgan fingerprint density at radius 1 is 1.56 bits per heavy atom. The van der Waals surface area contributed by atoms with Crippen LogP contribution in [0.15, 0.2) is 22.7 Å². The number of nitrogens with one attached hydrogen (secondary N) is 1. The van der Waals surface area contributed by atoms with Crippen molar-refractivity contribution >= 4 is 45.0 Å². The summed E-state index contributed by atoms with van der Waals surface area (Å²) in [5.41, 5.74) is 0.521. The molecule has 0 aliphatic heterocycles. The van der Waals surface area contributed by atoms with Crippen molar-refractivity contribution in [1.29, 1.82) is 0 Å². The second-order valence-electron chi connectivity index (χ2n) is 3.34. The summed E-state index contributed by atoms with van der Waals surface area (Å²) in [6.45, 7) is 2.43. The summed E-state index contributed by atoms with van der Waals surface area (Å²) >= 11 is 15.0. The first-order valence-corrected chi connectivity index (χ1v) is 6.52. The maximum absolute atomic E-state index is 11.8. The summed E-state index contributed by atoms with van der Waals surface area (Å²) in [5, 5.41) is 3.25. The van der Waals surface area contributed by atoms with Crippen molar-refractivity contribution in [3.63, 3.8) is 0 Å². The van der Waals surface area contributed by atoms with E-state index >= 15 is 0 Å². The molecule has 1 amide bonds. The van der Waals surface area contributed by atoms with Gasteiger partial charge in [0.1, 0.15) is 0 Å². The van der Waals surface area contributed by atoms with Crippen molar-refractivity contribution < 1.29 is 4.79 Å². The number of alkyl halides is 1. The summed E-state index contributed by atoms with van der Waals surface area (Å²) in [6, 6.07) is 5.09. The van der Waals surface area contributed by atoms with Gasteiger partial charge in [0.25, 0.3) is 5.91 Å². The van der Waals surface area contributed by atoms with Crippen LogP contribution in [0.2, 0.25) is 5.02 Å². The average Bonchev–Trinajstić information content (AvgIpc) is 2.28. The standard InChI is InChI=1S/C11H12BrCl2NO/c1-2-7(13)6-15-11(16)9-5-8(14)3-4-10(9)12/h3-5,7H,2,6H2,1H3,(H,15,16). The van der Waals surface area contributed by atoms with E-state index in [4.69, 9.17) is 23.2 Å². The molecule has 0 spiro atoms. The predicted octanol–water partition coefficient (Wildman–Crippen LogP) is 3.85. The lowest BCUT2D eigenvalue weighted by Crippen LogP contribution is -2.29. The molecule has 2 nitrogen and oxygen atoms in total. The molecule has 0 heterocycles. The minimum Gasteiger partial charge on any atom is -0.351 e. The van der Waals surface area contributed by atoms with Crippen LogP contribution in [-0.4, -0.2) is 17.8 Å². The van der Waals surface area contributed by atoms with Crippen molar-refractivity contribution in [1.82, 2.24) is 5.32 Å². The predicted molar refractivity (Wildman–Crippen MR) is 71.4 cm³/mol. The largest absolute Gasteiger partial charge is 0.351 e. The van der Waals surface area contributed by atoms with Gasteiger partial charge in [-0.3, -0.25) is 4.79 Å². The highest BCUT2D eigenvalue weighted by Crippen LogP contribution is 2.21. The molecule has 1 unspecified atom stereocenters. The van der Waals surface area contributed by atoms with E-state index in [-0.39, 0.29) is 11.3 Å². The SMILES string of the molecule is CCC(Cl)CNC(=O)c1cc(Cl)ccc1Br. The molecule has 1 N–H and O–H groups in total. The van der Waals surface area contributed by atoms with Gasteiger partial charge < -0.3 is 5.32 Å². The third kappa shape index (κ3) is 3.96. The molecule has 1 aromatic carbocycles. The van der Waals surface area contributed by atoms with Crippen LogP contribution in [0.3, 0.4) is 0 Å². The summed E-state index contributed by atoms with van der Waals surface area (Å²) in [4.78, 5) is 11.8. The van der Waals surface area contributed by atoms with Gasteiger partial charge in [0.2, 0.25) is 0 Å². The number of amides is 1. The smallest absolute Gasteiger partial charge is 0.252 e. The molecule has 0 aromatic heterocycles. The lowest BCUT2D eigenvalue weighted by Gasteiger charge is -2.09. The average molecular weight is 325 g/mol. The van der Waals surface area contributed by atoms with E-state index in [1.165, 1.54) is 0 Å². The number of carbonyl (C=O) groups is 1. The molecule has 0 radical (unpaired) electrons. The molecule has 1 aromatic rings. The summed E-state index contributed by atoms with van der Waals surface area (Å²) < 4.78 is 0.719. The van der Waals surface area contributed by atoms with Gasteiger partial charge in [-0.15, -0.1) is 11.6 Å². The van der Waals surface area contributed by atoms with Gasteiger partial charge in [-0.05, 0) is 40.5 Å². The Hall–Kier alpha value is -0.250. The van der Waals surface area contributed by atoms with Crippen LogP contribution in [0.25, 0.3) is 0 Å². The van der Waals surface area contributed by atoms with E-state index in [1.54, 1.807) is 18.2 Å².